The van der Waals surface area contributed by atoms with Crippen LogP contribution in [0.25, 0.3) is 11.0 Å². The van der Waals surface area contributed by atoms with Gasteiger partial charge < -0.3 is 14.4 Å². The van der Waals surface area contributed by atoms with Gasteiger partial charge in [0.05, 0.1) is 17.6 Å². The SMILES string of the molecule is CCCCn1c(CO)nc2cc(OCCC)ccc21. The van der Waals surface area contributed by atoms with Crippen LogP contribution >= 0.6 is 0 Å². The Labute approximate surface area is 114 Å². The fraction of sp³-hybridized carbons (Fsp3) is 0.533. The summed E-state index contributed by atoms with van der Waals surface area (Å²) in [4.78, 5) is 4.49. The Hall–Kier alpha value is -1.55. The zero-order valence-electron chi connectivity index (χ0n) is 11.7. The number of fused-ring (bicyclic) bond motifs is 1. The molecule has 2 rings (SSSR count). The molecule has 0 bridgehead atoms. The molecule has 0 atom stereocenters. The molecule has 104 valence electrons. The molecule has 0 radical (unpaired) electrons. The highest BCUT2D eigenvalue weighted by atomic mass is 16.5. The number of unbranched alkanes of at least 4 members (excludes halogenated alkanes) is 1. The average Bonchev–Trinajstić information content (AvgIpc) is 2.79. The Balaban J connectivity index is 2.33. The summed E-state index contributed by atoms with van der Waals surface area (Å²) in [5.41, 5.74) is 1.97. The summed E-state index contributed by atoms with van der Waals surface area (Å²) < 4.78 is 7.72. The molecule has 0 saturated heterocycles. The lowest BCUT2D eigenvalue weighted by atomic mass is 10.3. The van der Waals surface area contributed by atoms with Crippen molar-refractivity contribution in [2.75, 3.05) is 6.61 Å². The smallest absolute Gasteiger partial charge is 0.135 e. The summed E-state index contributed by atoms with van der Waals surface area (Å²) in [5, 5.41) is 9.41. The van der Waals surface area contributed by atoms with E-state index in [0.717, 1.165) is 55.0 Å². The van der Waals surface area contributed by atoms with Crippen molar-refractivity contribution in [1.82, 2.24) is 9.55 Å². The van der Waals surface area contributed by atoms with Crippen LogP contribution in [0.15, 0.2) is 18.2 Å². The van der Waals surface area contributed by atoms with Gasteiger partial charge in [-0.3, -0.25) is 0 Å². The predicted molar refractivity (Wildman–Crippen MR) is 76.3 cm³/mol. The van der Waals surface area contributed by atoms with Crippen LogP contribution in [0.5, 0.6) is 5.75 Å². The maximum atomic E-state index is 9.41. The van der Waals surface area contributed by atoms with Crippen molar-refractivity contribution in [3.63, 3.8) is 0 Å². The minimum absolute atomic E-state index is 0.0243. The largest absolute Gasteiger partial charge is 0.494 e. The van der Waals surface area contributed by atoms with Gasteiger partial charge in [0, 0.05) is 12.6 Å². The van der Waals surface area contributed by atoms with E-state index < -0.39 is 0 Å². The molecule has 0 spiro atoms. The van der Waals surface area contributed by atoms with Crippen molar-refractivity contribution in [2.45, 2.75) is 46.3 Å². The van der Waals surface area contributed by atoms with Gasteiger partial charge >= 0.3 is 0 Å². The molecule has 19 heavy (non-hydrogen) atoms. The highest BCUT2D eigenvalue weighted by Gasteiger charge is 2.10. The number of benzene rings is 1. The van der Waals surface area contributed by atoms with Crippen molar-refractivity contribution in [3.05, 3.63) is 24.0 Å². The summed E-state index contributed by atoms with van der Waals surface area (Å²) in [6, 6.07) is 5.96. The molecular formula is C15H22N2O2. The summed E-state index contributed by atoms with van der Waals surface area (Å²) in [6.07, 6.45) is 3.21. The lowest BCUT2D eigenvalue weighted by Crippen LogP contribution is -2.03. The van der Waals surface area contributed by atoms with Gasteiger partial charge in [0.25, 0.3) is 0 Å². The van der Waals surface area contributed by atoms with E-state index in [1.54, 1.807) is 0 Å². The summed E-state index contributed by atoms with van der Waals surface area (Å²) >= 11 is 0. The number of ether oxygens (including phenoxy) is 1. The van der Waals surface area contributed by atoms with E-state index in [0.29, 0.717) is 0 Å². The number of hydrogen-bond acceptors (Lipinski definition) is 3. The second-order valence-electron chi connectivity index (χ2n) is 4.69. The zero-order chi connectivity index (χ0) is 13.7. The van der Waals surface area contributed by atoms with E-state index >= 15 is 0 Å². The molecule has 4 nitrogen and oxygen atoms in total. The average molecular weight is 262 g/mol. The Morgan fingerprint density at radius 2 is 2.11 bits per heavy atom. The van der Waals surface area contributed by atoms with Crippen LogP contribution in [-0.2, 0) is 13.2 Å². The molecule has 1 heterocycles. The first-order valence-electron chi connectivity index (χ1n) is 7.03. The maximum Gasteiger partial charge on any atom is 0.135 e. The van der Waals surface area contributed by atoms with E-state index in [9.17, 15) is 5.11 Å². The number of aliphatic hydroxyl groups excluding tert-OH is 1. The Morgan fingerprint density at radius 1 is 1.26 bits per heavy atom. The zero-order valence-corrected chi connectivity index (χ0v) is 11.7. The number of aryl methyl sites for hydroxylation is 1. The van der Waals surface area contributed by atoms with Gasteiger partial charge in [0.2, 0.25) is 0 Å². The van der Waals surface area contributed by atoms with Crippen molar-refractivity contribution < 1.29 is 9.84 Å². The van der Waals surface area contributed by atoms with Crippen molar-refractivity contribution in [2.24, 2.45) is 0 Å². The van der Waals surface area contributed by atoms with E-state index in [-0.39, 0.29) is 6.61 Å². The van der Waals surface area contributed by atoms with Crippen LogP contribution < -0.4 is 4.74 Å². The van der Waals surface area contributed by atoms with Gasteiger partial charge in [0.15, 0.2) is 0 Å². The number of aromatic nitrogens is 2. The third-order valence-electron chi connectivity index (χ3n) is 3.15. The lowest BCUT2D eigenvalue weighted by molar-refractivity contribution is 0.265. The minimum Gasteiger partial charge on any atom is -0.494 e. The molecular weight excluding hydrogens is 240 g/mol. The second-order valence-corrected chi connectivity index (χ2v) is 4.69. The second kappa shape index (κ2) is 6.57. The molecule has 0 aliphatic carbocycles. The van der Waals surface area contributed by atoms with Gasteiger partial charge in [-0.25, -0.2) is 4.98 Å². The highest BCUT2D eigenvalue weighted by Crippen LogP contribution is 2.22. The lowest BCUT2D eigenvalue weighted by Gasteiger charge is -2.07. The predicted octanol–water partition coefficient (Wildman–Crippen LogP) is 3.12. The first-order valence-corrected chi connectivity index (χ1v) is 7.03. The summed E-state index contributed by atoms with van der Waals surface area (Å²) in [5.74, 6) is 1.58. The van der Waals surface area contributed by atoms with Gasteiger partial charge in [0.1, 0.15) is 18.2 Å². The first-order chi connectivity index (χ1) is 9.30. The molecule has 1 N–H and O–H groups in total. The molecule has 0 aliphatic heterocycles. The standard InChI is InChI=1S/C15H22N2O2/c1-3-5-8-17-14-7-6-12(19-9-4-2)10-13(14)16-15(17)11-18/h6-7,10,18H,3-5,8-9,11H2,1-2H3. The maximum absolute atomic E-state index is 9.41. The molecule has 0 amide bonds. The van der Waals surface area contributed by atoms with Crippen LogP contribution in [0.3, 0.4) is 0 Å². The fourth-order valence-corrected chi connectivity index (χ4v) is 2.16. The Kier molecular flexibility index (Phi) is 4.80. The van der Waals surface area contributed by atoms with E-state index in [1.807, 2.05) is 18.2 Å². The molecule has 2 aromatic rings. The molecule has 0 saturated carbocycles. The van der Waals surface area contributed by atoms with E-state index in [2.05, 4.69) is 23.4 Å². The quantitative estimate of drug-likeness (QED) is 0.834. The van der Waals surface area contributed by atoms with E-state index in [1.165, 1.54) is 0 Å². The molecule has 1 aromatic heterocycles. The molecule has 0 fully saturated rings. The molecule has 4 heteroatoms. The topological polar surface area (TPSA) is 47.3 Å². The summed E-state index contributed by atoms with van der Waals surface area (Å²) in [6.45, 7) is 5.84. The van der Waals surface area contributed by atoms with E-state index in [4.69, 9.17) is 4.74 Å². The molecule has 1 aromatic carbocycles. The normalized spacial score (nSPS) is 11.1. The number of hydrogen-bond donors (Lipinski definition) is 1. The van der Waals surface area contributed by atoms with Crippen LogP contribution in [0, 0.1) is 0 Å². The molecule has 0 aliphatic rings. The van der Waals surface area contributed by atoms with Gasteiger partial charge in [-0.15, -0.1) is 0 Å². The van der Waals surface area contributed by atoms with Crippen LogP contribution in [0.2, 0.25) is 0 Å². The number of nitrogens with zero attached hydrogens (tertiary/aromatic N) is 2. The van der Waals surface area contributed by atoms with Crippen molar-refractivity contribution in [1.29, 1.82) is 0 Å². The Bertz CT molecular complexity index is 534. The van der Waals surface area contributed by atoms with Crippen LogP contribution in [-0.4, -0.2) is 21.3 Å². The highest BCUT2D eigenvalue weighted by molar-refractivity contribution is 5.77. The van der Waals surface area contributed by atoms with Gasteiger partial charge in [-0.05, 0) is 25.0 Å². The van der Waals surface area contributed by atoms with Crippen LogP contribution in [0.4, 0.5) is 0 Å². The number of aliphatic hydroxyl groups is 1. The molecule has 0 unspecified atom stereocenters. The minimum atomic E-state index is -0.0243. The fourth-order valence-electron chi connectivity index (χ4n) is 2.16. The number of rotatable bonds is 7. The first kappa shape index (κ1) is 13.9. The third-order valence-corrected chi connectivity index (χ3v) is 3.15. The van der Waals surface area contributed by atoms with Crippen molar-refractivity contribution >= 4 is 11.0 Å². The van der Waals surface area contributed by atoms with Gasteiger partial charge in [-0.1, -0.05) is 20.3 Å². The Morgan fingerprint density at radius 3 is 2.79 bits per heavy atom. The van der Waals surface area contributed by atoms with Gasteiger partial charge in [-0.2, -0.15) is 0 Å². The summed E-state index contributed by atoms with van der Waals surface area (Å²) in [7, 11) is 0. The third kappa shape index (κ3) is 3.07. The van der Waals surface area contributed by atoms with Crippen molar-refractivity contribution in [3.8, 4) is 5.75 Å². The number of imidazole rings is 1. The van der Waals surface area contributed by atoms with Crippen LogP contribution in [0.1, 0.15) is 38.9 Å². The monoisotopic (exact) mass is 262 g/mol.